The zero-order valence-electron chi connectivity index (χ0n) is 12.3. The van der Waals surface area contributed by atoms with Crippen LogP contribution in [0.1, 0.15) is 26.5 Å². The monoisotopic (exact) mass is 273 g/mol. The van der Waals surface area contributed by atoms with E-state index in [1.807, 2.05) is 37.3 Å². The second-order valence-corrected chi connectivity index (χ2v) is 5.07. The molecular weight excluding hydrogens is 254 g/mol. The van der Waals surface area contributed by atoms with Crippen LogP contribution < -0.4 is 0 Å². The number of hydrogen-bond donors (Lipinski definition) is 0. The number of carbonyl (C=O) groups is 1. The van der Waals surface area contributed by atoms with Crippen molar-refractivity contribution in [2.24, 2.45) is 0 Å². The fourth-order valence-electron chi connectivity index (χ4n) is 1.88. The Kier molecular flexibility index (Phi) is 3.88. The zero-order valence-corrected chi connectivity index (χ0v) is 12.3. The third-order valence-electron chi connectivity index (χ3n) is 3.10. The van der Waals surface area contributed by atoms with Crippen molar-refractivity contribution in [3.63, 3.8) is 0 Å². The first-order valence-corrected chi connectivity index (χ1v) is 6.64. The molecule has 1 aromatic carbocycles. The summed E-state index contributed by atoms with van der Waals surface area (Å²) in [6.07, 6.45) is 0. The van der Waals surface area contributed by atoms with Gasteiger partial charge in [0, 0.05) is 5.56 Å². The Balaban J connectivity index is 2.39. The Morgan fingerprint density at radius 1 is 1.25 bits per heavy atom. The van der Waals surface area contributed by atoms with Gasteiger partial charge in [-0.3, -0.25) is 0 Å². The molecule has 2 rings (SSSR count). The number of aromatic nitrogens is 3. The highest BCUT2D eigenvalue weighted by Crippen LogP contribution is 2.23. The van der Waals surface area contributed by atoms with Crippen molar-refractivity contribution < 1.29 is 9.53 Å². The molecule has 0 aliphatic heterocycles. The predicted octanol–water partition coefficient (Wildman–Crippen LogP) is 2.55. The first-order chi connectivity index (χ1) is 9.46. The number of rotatable bonds is 4. The Labute approximate surface area is 118 Å². The van der Waals surface area contributed by atoms with Gasteiger partial charge >= 0.3 is 5.97 Å². The van der Waals surface area contributed by atoms with Gasteiger partial charge in [0.15, 0.2) is 5.54 Å². The number of hydrogen-bond acceptors (Lipinski definition) is 4. The minimum absolute atomic E-state index is 0.338. The van der Waals surface area contributed by atoms with Gasteiger partial charge in [0.2, 0.25) is 0 Å². The molecule has 5 nitrogen and oxygen atoms in total. The Bertz CT molecular complexity index is 603. The van der Waals surface area contributed by atoms with E-state index < -0.39 is 5.54 Å². The van der Waals surface area contributed by atoms with E-state index in [0.29, 0.717) is 6.61 Å². The van der Waals surface area contributed by atoms with Gasteiger partial charge in [-0.05, 0) is 27.7 Å². The van der Waals surface area contributed by atoms with Gasteiger partial charge in [-0.1, -0.05) is 30.3 Å². The average Bonchev–Trinajstić information content (AvgIpc) is 2.83. The van der Waals surface area contributed by atoms with Crippen LogP contribution in [0, 0.1) is 6.92 Å². The molecule has 0 radical (unpaired) electrons. The van der Waals surface area contributed by atoms with E-state index >= 15 is 0 Å². The maximum absolute atomic E-state index is 12.0. The van der Waals surface area contributed by atoms with Crippen LogP contribution in [0.4, 0.5) is 0 Å². The quantitative estimate of drug-likeness (QED) is 0.803. The van der Waals surface area contributed by atoms with Crippen molar-refractivity contribution in [2.45, 2.75) is 33.2 Å². The molecule has 0 bridgehead atoms. The van der Waals surface area contributed by atoms with Gasteiger partial charge in [-0.15, -0.1) is 0 Å². The first-order valence-electron chi connectivity index (χ1n) is 6.64. The van der Waals surface area contributed by atoms with Crippen molar-refractivity contribution in [3.8, 4) is 11.3 Å². The lowest BCUT2D eigenvalue weighted by atomic mass is 10.1. The SMILES string of the molecule is CCOC(=O)C(C)(C)n1nc(C)c(-c2ccccc2)n1. The topological polar surface area (TPSA) is 57.0 Å². The van der Waals surface area contributed by atoms with Gasteiger partial charge in [0.1, 0.15) is 5.69 Å². The molecule has 20 heavy (non-hydrogen) atoms. The standard InChI is InChI=1S/C15H19N3O2/c1-5-20-14(19)15(3,4)18-16-11(2)13(17-18)12-9-7-6-8-10-12/h6-10H,5H2,1-4H3. The van der Waals surface area contributed by atoms with Gasteiger partial charge in [-0.2, -0.15) is 15.0 Å². The van der Waals surface area contributed by atoms with E-state index in [4.69, 9.17) is 4.74 Å². The van der Waals surface area contributed by atoms with E-state index in [0.717, 1.165) is 17.0 Å². The lowest BCUT2D eigenvalue weighted by Crippen LogP contribution is -2.39. The zero-order chi connectivity index (χ0) is 14.8. The summed E-state index contributed by atoms with van der Waals surface area (Å²) in [6.45, 7) is 7.50. The third-order valence-corrected chi connectivity index (χ3v) is 3.10. The summed E-state index contributed by atoms with van der Waals surface area (Å²) < 4.78 is 5.08. The van der Waals surface area contributed by atoms with Crippen LogP contribution in [0.3, 0.4) is 0 Å². The Hall–Kier alpha value is -2.17. The largest absolute Gasteiger partial charge is 0.464 e. The first kappa shape index (κ1) is 14.2. The van der Waals surface area contributed by atoms with Gasteiger partial charge in [0.25, 0.3) is 0 Å². The molecule has 0 fully saturated rings. The number of benzene rings is 1. The van der Waals surface area contributed by atoms with E-state index in [2.05, 4.69) is 10.2 Å². The Morgan fingerprint density at radius 2 is 1.90 bits per heavy atom. The molecule has 0 unspecified atom stereocenters. The molecule has 0 aliphatic rings. The highest BCUT2D eigenvalue weighted by atomic mass is 16.5. The molecule has 0 saturated heterocycles. The van der Waals surface area contributed by atoms with Crippen molar-refractivity contribution in [1.29, 1.82) is 0 Å². The molecule has 0 amide bonds. The lowest BCUT2D eigenvalue weighted by molar-refractivity contribution is -0.153. The van der Waals surface area contributed by atoms with Crippen LogP contribution in [-0.4, -0.2) is 27.6 Å². The third kappa shape index (κ3) is 2.57. The highest BCUT2D eigenvalue weighted by Gasteiger charge is 2.34. The Morgan fingerprint density at radius 3 is 2.50 bits per heavy atom. The van der Waals surface area contributed by atoms with Crippen LogP contribution in [0.5, 0.6) is 0 Å². The number of aryl methyl sites for hydroxylation is 1. The van der Waals surface area contributed by atoms with Crippen molar-refractivity contribution in [2.75, 3.05) is 6.61 Å². The summed E-state index contributed by atoms with van der Waals surface area (Å²) >= 11 is 0. The molecular formula is C15H19N3O2. The number of esters is 1. The van der Waals surface area contributed by atoms with Crippen LogP contribution in [0.25, 0.3) is 11.3 Å². The van der Waals surface area contributed by atoms with E-state index in [1.165, 1.54) is 4.80 Å². The van der Waals surface area contributed by atoms with Gasteiger partial charge in [-0.25, -0.2) is 4.79 Å². The summed E-state index contributed by atoms with van der Waals surface area (Å²) in [5.74, 6) is -0.338. The lowest BCUT2D eigenvalue weighted by Gasteiger charge is -2.21. The predicted molar refractivity (Wildman–Crippen MR) is 76.2 cm³/mol. The number of carbonyl (C=O) groups excluding carboxylic acids is 1. The molecule has 1 aromatic heterocycles. The molecule has 1 heterocycles. The average molecular weight is 273 g/mol. The molecule has 5 heteroatoms. The summed E-state index contributed by atoms with van der Waals surface area (Å²) in [7, 11) is 0. The van der Waals surface area contributed by atoms with Crippen LogP contribution >= 0.6 is 0 Å². The van der Waals surface area contributed by atoms with Crippen molar-refractivity contribution in [1.82, 2.24) is 15.0 Å². The molecule has 0 N–H and O–H groups in total. The second-order valence-electron chi connectivity index (χ2n) is 5.07. The van der Waals surface area contributed by atoms with Crippen LogP contribution in [0.2, 0.25) is 0 Å². The van der Waals surface area contributed by atoms with Crippen molar-refractivity contribution in [3.05, 3.63) is 36.0 Å². The summed E-state index contributed by atoms with van der Waals surface area (Å²) in [5, 5.41) is 8.83. The molecule has 0 atom stereocenters. The molecule has 0 saturated carbocycles. The minimum atomic E-state index is -0.923. The van der Waals surface area contributed by atoms with E-state index in [1.54, 1.807) is 20.8 Å². The second kappa shape index (κ2) is 5.45. The summed E-state index contributed by atoms with van der Waals surface area (Å²) in [5.41, 5.74) is 1.63. The van der Waals surface area contributed by atoms with Crippen LogP contribution in [0.15, 0.2) is 30.3 Å². The molecule has 0 aliphatic carbocycles. The maximum atomic E-state index is 12.0. The van der Waals surface area contributed by atoms with Gasteiger partial charge in [0.05, 0.1) is 12.3 Å². The fraction of sp³-hybridized carbons (Fsp3) is 0.400. The number of nitrogens with zero attached hydrogens (tertiary/aromatic N) is 3. The summed E-state index contributed by atoms with van der Waals surface area (Å²) in [6, 6.07) is 9.79. The maximum Gasteiger partial charge on any atom is 0.335 e. The minimum Gasteiger partial charge on any atom is -0.464 e. The van der Waals surface area contributed by atoms with Crippen molar-refractivity contribution >= 4 is 5.97 Å². The summed E-state index contributed by atoms with van der Waals surface area (Å²) in [4.78, 5) is 13.4. The van der Waals surface area contributed by atoms with Gasteiger partial charge < -0.3 is 4.74 Å². The molecule has 0 spiro atoms. The van der Waals surface area contributed by atoms with E-state index in [-0.39, 0.29) is 5.97 Å². The molecule has 2 aromatic rings. The molecule has 106 valence electrons. The van der Waals surface area contributed by atoms with E-state index in [9.17, 15) is 4.79 Å². The smallest absolute Gasteiger partial charge is 0.335 e. The highest BCUT2D eigenvalue weighted by molar-refractivity contribution is 5.77. The number of ether oxygens (including phenoxy) is 1. The fourth-order valence-corrected chi connectivity index (χ4v) is 1.88. The van der Waals surface area contributed by atoms with Crippen LogP contribution in [-0.2, 0) is 15.1 Å². The normalized spacial score (nSPS) is 11.4.